The molecule has 0 radical (unpaired) electrons. The average Bonchev–Trinajstić information content (AvgIpc) is 3.39. The average molecular weight is 568 g/mol. The van der Waals surface area contributed by atoms with Crippen LogP contribution in [-0.4, -0.2) is 54.5 Å². The number of benzene rings is 1. The first-order valence-electron chi connectivity index (χ1n) is 13.7. The molecule has 5 aromatic rings. The number of amides is 1. The first-order valence-corrected chi connectivity index (χ1v) is 13.7. The zero-order valence-electron chi connectivity index (χ0n) is 23.3. The van der Waals surface area contributed by atoms with E-state index >= 15 is 4.39 Å². The maximum Gasteiger partial charge on any atom is 0.243 e. The molecule has 1 amide bonds. The second-order valence-electron chi connectivity index (χ2n) is 10.2. The Bertz CT molecular complexity index is 1810. The highest BCUT2D eigenvalue weighted by atomic mass is 19.1. The van der Waals surface area contributed by atoms with E-state index in [-0.39, 0.29) is 17.6 Å². The number of hydrogen-bond acceptors (Lipinski definition) is 9. The number of pyridine rings is 2. The van der Waals surface area contributed by atoms with Crippen LogP contribution < -0.4 is 20.3 Å². The van der Waals surface area contributed by atoms with Gasteiger partial charge in [-0.15, -0.1) is 0 Å². The fourth-order valence-corrected chi connectivity index (χ4v) is 5.17. The molecule has 6 rings (SSSR count). The van der Waals surface area contributed by atoms with Crippen LogP contribution in [0.4, 0.5) is 21.7 Å². The van der Waals surface area contributed by atoms with Crippen LogP contribution in [0.1, 0.15) is 24.8 Å². The molecule has 0 bridgehead atoms. The maximum absolute atomic E-state index is 15.6. The minimum Gasteiger partial charge on any atom is -0.455 e. The van der Waals surface area contributed by atoms with Crippen LogP contribution >= 0.6 is 0 Å². The van der Waals surface area contributed by atoms with Crippen LogP contribution in [0.5, 0.6) is 11.5 Å². The summed E-state index contributed by atoms with van der Waals surface area (Å²) >= 11 is 0. The number of fused-ring (bicyclic) bond motifs is 2. The van der Waals surface area contributed by atoms with Crippen molar-refractivity contribution in [2.24, 2.45) is 7.05 Å². The summed E-state index contributed by atoms with van der Waals surface area (Å²) in [5.74, 6) is 1.28. The molecule has 1 aliphatic rings. The lowest BCUT2D eigenvalue weighted by molar-refractivity contribution is -0.116. The normalized spacial score (nSPS) is 15.1. The fraction of sp³-hybridized carbons (Fsp3) is 0.267. The molecule has 11 nitrogen and oxygen atoms in total. The van der Waals surface area contributed by atoms with E-state index in [4.69, 9.17) is 9.72 Å². The molecule has 4 aromatic heterocycles. The highest BCUT2D eigenvalue weighted by molar-refractivity contribution is 5.88. The number of aromatic nitrogens is 6. The summed E-state index contributed by atoms with van der Waals surface area (Å²) in [6.07, 6.45) is 8.98. The molecule has 0 spiro atoms. The van der Waals surface area contributed by atoms with Crippen LogP contribution in [0.2, 0.25) is 0 Å². The lowest BCUT2D eigenvalue weighted by atomic mass is 10.0. The Hall–Kier alpha value is -5.13. The number of nitrogens with one attached hydrogen (secondary N) is 2. The molecular formula is C30H30FN9O2. The van der Waals surface area contributed by atoms with Gasteiger partial charge in [0.2, 0.25) is 5.91 Å². The number of carbonyl (C=O) groups excluding carboxylic acids is 1. The smallest absolute Gasteiger partial charge is 0.243 e. The van der Waals surface area contributed by atoms with Crippen LogP contribution in [0.25, 0.3) is 22.2 Å². The lowest BCUT2D eigenvalue weighted by Gasteiger charge is -2.36. The molecule has 0 aliphatic carbocycles. The van der Waals surface area contributed by atoms with Crippen LogP contribution in [-0.2, 0) is 11.8 Å². The first-order chi connectivity index (χ1) is 20.4. The fourth-order valence-electron chi connectivity index (χ4n) is 5.17. The number of halogens is 1. The SMILES string of the molecule is C=CC(=O)NC[C@H]1CCCCN1c1ccc2ncnc(Nc3ccc(Oc4cnc5c(c4)ncn5C)c(C)c3F)c2n1. The van der Waals surface area contributed by atoms with Gasteiger partial charge < -0.3 is 24.8 Å². The quantitative estimate of drug-likeness (QED) is 0.251. The molecule has 42 heavy (non-hydrogen) atoms. The van der Waals surface area contributed by atoms with Crippen LogP contribution in [0.15, 0.2) is 61.8 Å². The van der Waals surface area contributed by atoms with Crippen molar-refractivity contribution < 1.29 is 13.9 Å². The standard InChI is InChI=1S/C30H30FN9O2/c1-4-26(41)32-14-19-7-5-6-12-40(19)25-11-9-22-28(38-25)29(35-16-34-22)37-21-8-10-24(18(2)27(21)31)42-20-13-23-30(33-15-20)39(3)17-36-23/h4,8-11,13,15-17,19H,1,5-7,12,14H2,2-3H3,(H,32,41)(H,34,35,37)/t19-/m1/s1. The number of piperidine rings is 1. The van der Waals surface area contributed by atoms with E-state index in [2.05, 4.69) is 42.0 Å². The molecule has 0 saturated carbocycles. The summed E-state index contributed by atoms with van der Waals surface area (Å²) in [7, 11) is 1.86. The van der Waals surface area contributed by atoms with Gasteiger partial charge in [0.05, 0.1) is 23.7 Å². The molecule has 1 saturated heterocycles. The zero-order valence-corrected chi connectivity index (χ0v) is 23.3. The molecule has 1 fully saturated rings. The van der Waals surface area contributed by atoms with Gasteiger partial charge in [-0.2, -0.15) is 0 Å². The zero-order chi connectivity index (χ0) is 29.2. The molecule has 1 aromatic carbocycles. The molecule has 2 N–H and O–H groups in total. The third kappa shape index (κ3) is 5.30. The van der Waals surface area contributed by atoms with Crippen LogP contribution in [0.3, 0.4) is 0 Å². The van der Waals surface area contributed by atoms with Gasteiger partial charge in [-0.25, -0.2) is 29.3 Å². The number of rotatable bonds is 8. The topological polar surface area (TPSA) is 123 Å². The monoisotopic (exact) mass is 567 g/mol. The summed E-state index contributed by atoms with van der Waals surface area (Å²) in [5, 5.41) is 6.01. The van der Waals surface area contributed by atoms with Crippen molar-refractivity contribution in [1.29, 1.82) is 0 Å². The Labute approximate surface area is 241 Å². The Balaban J connectivity index is 1.26. The van der Waals surface area contributed by atoms with E-state index in [0.29, 0.717) is 46.0 Å². The Kier molecular flexibility index (Phi) is 7.34. The molecule has 0 unspecified atom stereocenters. The first kappa shape index (κ1) is 27.1. The van der Waals surface area contributed by atoms with Gasteiger partial charge in [0.25, 0.3) is 0 Å². The second-order valence-corrected chi connectivity index (χ2v) is 10.2. The minimum absolute atomic E-state index is 0.0925. The number of aryl methyl sites for hydroxylation is 1. The van der Waals surface area contributed by atoms with Crippen LogP contribution in [0, 0.1) is 12.7 Å². The Morgan fingerprint density at radius 3 is 2.90 bits per heavy atom. The van der Waals surface area contributed by atoms with Gasteiger partial charge in [0, 0.05) is 37.8 Å². The van der Waals surface area contributed by atoms with Gasteiger partial charge in [-0.05, 0) is 56.5 Å². The largest absolute Gasteiger partial charge is 0.455 e. The number of hydrogen-bond donors (Lipinski definition) is 2. The molecule has 1 aliphatic heterocycles. The Morgan fingerprint density at radius 2 is 2.05 bits per heavy atom. The predicted molar refractivity (Wildman–Crippen MR) is 159 cm³/mol. The van der Waals surface area contributed by atoms with Gasteiger partial charge >= 0.3 is 0 Å². The lowest BCUT2D eigenvalue weighted by Crippen LogP contribution is -2.47. The number of carbonyl (C=O) groups is 1. The predicted octanol–water partition coefficient (Wildman–Crippen LogP) is 4.95. The summed E-state index contributed by atoms with van der Waals surface area (Å²) in [4.78, 5) is 36.3. The van der Waals surface area contributed by atoms with Gasteiger partial charge in [-0.1, -0.05) is 6.58 Å². The highest BCUT2D eigenvalue weighted by Crippen LogP contribution is 2.34. The van der Waals surface area contributed by atoms with Crippen molar-refractivity contribution in [1.82, 2.24) is 34.8 Å². The summed E-state index contributed by atoms with van der Waals surface area (Å²) < 4.78 is 23.4. The number of anilines is 3. The van der Waals surface area contributed by atoms with Crippen molar-refractivity contribution in [3.8, 4) is 11.5 Å². The van der Waals surface area contributed by atoms with E-state index < -0.39 is 5.82 Å². The minimum atomic E-state index is -0.476. The van der Waals surface area contributed by atoms with E-state index in [1.807, 2.05) is 23.7 Å². The third-order valence-electron chi connectivity index (χ3n) is 7.43. The van der Waals surface area contributed by atoms with E-state index in [1.54, 1.807) is 37.6 Å². The van der Waals surface area contributed by atoms with Gasteiger partial charge in [0.15, 0.2) is 17.3 Å². The van der Waals surface area contributed by atoms with Crippen molar-refractivity contribution in [2.75, 3.05) is 23.3 Å². The van der Waals surface area contributed by atoms with Gasteiger partial charge in [-0.3, -0.25) is 4.79 Å². The summed E-state index contributed by atoms with van der Waals surface area (Å²) in [6.45, 7) is 6.48. The molecule has 214 valence electrons. The van der Waals surface area contributed by atoms with E-state index in [9.17, 15) is 4.79 Å². The number of nitrogens with zero attached hydrogens (tertiary/aromatic N) is 7. The Morgan fingerprint density at radius 1 is 1.17 bits per heavy atom. The van der Waals surface area contributed by atoms with E-state index in [0.717, 1.165) is 37.3 Å². The van der Waals surface area contributed by atoms with E-state index in [1.165, 1.54) is 12.4 Å². The second kappa shape index (κ2) is 11.4. The van der Waals surface area contributed by atoms with Gasteiger partial charge in [0.1, 0.15) is 34.7 Å². The summed E-state index contributed by atoms with van der Waals surface area (Å²) in [5.41, 5.74) is 3.11. The van der Waals surface area contributed by atoms with Crippen molar-refractivity contribution in [3.05, 3.63) is 73.2 Å². The molecular weight excluding hydrogens is 537 g/mol. The molecule has 1 atom stereocenters. The van der Waals surface area contributed by atoms with Crippen molar-refractivity contribution >= 4 is 45.4 Å². The number of ether oxygens (including phenoxy) is 1. The highest BCUT2D eigenvalue weighted by Gasteiger charge is 2.25. The molecule has 5 heterocycles. The van der Waals surface area contributed by atoms with Crippen molar-refractivity contribution in [3.63, 3.8) is 0 Å². The molecule has 12 heteroatoms. The third-order valence-corrected chi connectivity index (χ3v) is 7.43. The number of imidazole rings is 1. The summed E-state index contributed by atoms with van der Waals surface area (Å²) in [6, 6.07) is 8.95. The maximum atomic E-state index is 15.6. The van der Waals surface area contributed by atoms with Crippen molar-refractivity contribution in [2.45, 2.75) is 32.2 Å².